The molecule has 0 bridgehead atoms. The van der Waals surface area contributed by atoms with Crippen LogP contribution in [0.3, 0.4) is 0 Å². The third-order valence-electron chi connectivity index (χ3n) is 8.64. The normalized spacial score (nSPS) is 32.8. The van der Waals surface area contributed by atoms with Gasteiger partial charge in [-0.1, -0.05) is 86.8 Å². The zero-order valence-electron chi connectivity index (χ0n) is 28.2. The van der Waals surface area contributed by atoms with Gasteiger partial charge in [-0.25, -0.2) is 4.79 Å². The van der Waals surface area contributed by atoms with Crippen LogP contribution in [0.2, 0.25) is 0 Å². The number of allylic oxidation sites excluding steroid dienone is 9. The minimum Gasteiger partial charge on any atom is -0.478 e. The molecule has 47 heavy (non-hydrogen) atoms. The van der Waals surface area contributed by atoms with Gasteiger partial charge in [-0.2, -0.15) is 0 Å². The lowest BCUT2D eigenvalue weighted by Crippen LogP contribution is -2.64. The molecule has 11 heteroatoms. The van der Waals surface area contributed by atoms with E-state index in [9.17, 15) is 30.0 Å². The third kappa shape index (κ3) is 11.5. The largest absolute Gasteiger partial charge is 0.478 e. The minimum absolute atomic E-state index is 0.0826. The summed E-state index contributed by atoms with van der Waals surface area (Å²) in [5.74, 6) is -4.52. The molecule has 0 aromatic rings. The Morgan fingerprint density at radius 1 is 1.06 bits per heavy atom. The number of aliphatic carboxylic acids is 1. The van der Waals surface area contributed by atoms with Crippen molar-refractivity contribution in [3.05, 3.63) is 84.6 Å². The van der Waals surface area contributed by atoms with Crippen LogP contribution in [0.15, 0.2) is 84.6 Å². The summed E-state index contributed by atoms with van der Waals surface area (Å²) in [6.45, 7) is 9.11. The number of carboxylic acid groups (broad SMARTS) is 1. The first kappa shape index (κ1) is 40.0. The lowest BCUT2D eigenvalue weighted by atomic mass is 9.79. The van der Waals surface area contributed by atoms with Crippen molar-refractivity contribution >= 4 is 11.9 Å². The van der Waals surface area contributed by atoms with Gasteiger partial charge in [0, 0.05) is 38.5 Å². The predicted octanol–water partition coefficient (Wildman–Crippen LogP) is 3.28. The Labute approximate surface area is 278 Å². The second-order valence-electron chi connectivity index (χ2n) is 12.2. The monoisotopic (exact) mass is 659 g/mol. The van der Waals surface area contributed by atoms with E-state index in [2.05, 4.69) is 5.32 Å². The van der Waals surface area contributed by atoms with Gasteiger partial charge < -0.3 is 45.1 Å². The van der Waals surface area contributed by atoms with E-state index in [-0.39, 0.29) is 37.5 Å². The molecule has 0 aromatic heterocycles. The Hall–Kier alpha value is -3.16. The molecule has 2 rings (SSSR count). The molecular weight excluding hydrogens is 606 g/mol. The molecule has 0 aromatic carbocycles. The molecule has 2 aliphatic heterocycles. The maximum absolute atomic E-state index is 13.1. The first-order valence-electron chi connectivity index (χ1n) is 16.0. The molecule has 2 aliphatic rings. The van der Waals surface area contributed by atoms with E-state index < -0.39 is 53.6 Å². The van der Waals surface area contributed by atoms with Crippen LogP contribution in [-0.4, -0.2) is 99.1 Å². The highest BCUT2D eigenvalue weighted by Crippen LogP contribution is 2.40. The standard InChI is InChI=1S/C36H53NO10/c1-7-9-12-19-31-35(5,43)30(39)23-36(44,47-31)26(8-2)34(42)37-21-16-15-17-24(3)33(45-6)25(4)29-22-27(38)28(46-29)18-13-10-11-14-20-32(40)41/h7,9-20,25-31,33,38-39,43-44H,8,21-23H2,1-6H3,(H,37,42)(H,40,41)/b9-7+,11-10+,16-15+,18-13+,19-12+,20-14+,24-17+/t25-,26-,27+,28+,29+,30-,31+,33+,35-,36+/m1/s1. The van der Waals surface area contributed by atoms with E-state index >= 15 is 0 Å². The number of carbonyl (C=O) groups is 2. The summed E-state index contributed by atoms with van der Waals surface area (Å²) in [7, 11) is 1.61. The van der Waals surface area contributed by atoms with Crippen LogP contribution < -0.4 is 5.32 Å². The maximum atomic E-state index is 13.1. The molecule has 2 fully saturated rings. The fraction of sp³-hybridized carbons (Fsp3) is 0.556. The lowest BCUT2D eigenvalue weighted by molar-refractivity contribution is -0.329. The zero-order valence-corrected chi connectivity index (χ0v) is 28.2. The van der Waals surface area contributed by atoms with Crippen LogP contribution >= 0.6 is 0 Å². The van der Waals surface area contributed by atoms with Gasteiger partial charge in [0.1, 0.15) is 17.8 Å². The van der Waals surface area contributed by atoms with Crippen molar-refractivity contribution in [1.29, 1.82) is 0 Å². The first-order chi connectivity index (χ1) is 22.2. The maximum Gasteiger partial charge on any atom is 0.328 e. The fourth-order valence-electron chi connectivity index (χ4n) is 5.85. The molecule has 0 radical (unpaired) electrons. The van der Waals surface area contributed by atoms with Crippen molar-refractivity contribution in [2.75, 3.05) is 13.7 Å². The van der Waals surface area contributed by atoms with E-state index in [0.717, 1.165) is 11.6 Å². The van der Waals surface area contributed by atoms with Crippen molar-refractivity contribution < 1.29 is 49.3 Å². The number of nitrogens with one attached hydrogen (secondary N) is 1. The number of hydrogen-bond donors (Lipinski definition) is 6. The number of hydrogen-bond acceptors (Lipinski definition) is 9. The number of methoxy groups -OCH3 is 1. The van der Waals surface area contributed by atoms with Crippen LogP contribution in [-0.2, 0) is 23.8 Å². The third-order valence-corrected chi connectivity index (χ3v) is 8.64. The first-order valence-corrected chi connectivity index (χ1v) is 16.0. The minimum atomic E-state index is -1.98. The van der Waals surface area contributed by atoms with Gasteiger partial charge in [0.05, 0.1) is 30.3 Å². The molecule has 0 saturated carbocycles. The number of ether oxygens (including phenoxy) is 3. The highest BCUT2D eigenvalue weighted by Gasteiger charge is 2.55. The van der Waals surface area contributed by atoms with Gasteiger partial charge >= 0.3 is 5.97 Å². The Morgan fingerprint density at radius 3 is 2.38 bits per heavy atom. The number of amides is 1. The highest BCUT2D eigenvalue weighted by molar-refractivity contribution is 5.80. The molecule has 2 saturated heterocycles. The Bertz CT molecular complexity index is 1230. The van der Waals surface area contributed by atoms with Gasteiger partial charge in [0.15, 0.2) is 5.79 Å². The molecule has 10 atom stereocenters. The number of carbonyl (C=O) groups excluding carboxylic acids is 1. The summed E-state index contributed by atoms with van der Waals surface area (Å²) in [4.78, 5) is 23.7. The van der Waals surface area contributed by atoms with Gasteiger partial charge in [-0.15, -0.1) is 0 Å². The SMILES string of the molecule is C/C=C/C=C/[C@@H]1O[C@](O)([C@H](CC)C(=O)NC/C=C/C=C(\C)[C@H](OC)[C@H](C)[C@@H]2C[C@H](O)[C@H](/C=C/C=C/C=C/C(=O)O)O2)C[C@@H](O)[C@@]1(C)O. The van der Waals surface area contributed by atoms with Gasteiger partial charge in [-0.05, 0) is 32.8 Å². The molecular formula is C36H53NO10. The number of aliphatic hydroxyl groups excluding tert-OH is 2. The van der Waals surface area contributed by atoms with Crippen LogP contribution in [0.4, 0.5) is 0 Å². The second-order valence-corrected chi connectivity index (χ2v) is 12.2. The Balaban J connectivity index is 1.97. The summed E-state index contributed by atoms with van der Waals surface area (Å²) in [5.41, 5.74) is -0.727. The molecule has 0 spiro atoms. The topological polar surface area (TPSA) is 175 Å². The van der Waals surface area contributed by atoms with Crippen LogP contribution in [0.1, 0.15) is 53.9 Å². The summed E-state index contributed by atoms with van der Waals surface area (Å²) in [6.07, 6.45) is 17.5. The second kappa shape index (κ2) is 19.0. The van der Waals surface area contributed by atoms with E-state index in [1.807, 2.05) is 26.8 Å². The smallest absolute Gasteiger partial charge is 0.328 e. The van der Waals surface area contributed by atoms with Crippen LogP contribution in [0.5, 0.6) is 0 Å². The van der Waals surface area contributed by atoms with Crippen molar-refractivity contribution in [3.8, 4) is 0 Å². The molecule has 0 unspecified atom stereocenters. The molecule has 6 N–H and O–H groups in total. The Morgan fingerprint density at radius 2 is 1.74 bits per heavy atom. The van der Waals surface area contributed by atoms with Crippen LogP contribution in [0, 0.1) is 11.8 Å². The van der Waals surface area contributed by atoms with Gasteiger partial charge in [0.25, 0.3) is 0 Å². The number of aliphatic hydroxyl groups is 4. The molecule has 262 valence electrons. The zero-order chi connectivity index (χ0) is 35.2. The summed E-state index contributed by atoms with van der Waals surface area (Å²) in [5, 5.41) is 54.8. The molecule has 1 amide bonds. The van der Waals surface area contributed by atoms with Crippen molar-refractivity contribution in [2.24, 2.45) is 11.8 Å². The average molecular weight is 660 g/mol. The van der Waals surface area contributed by atoms with Crippen molar-refractivity contribution in [1.82, 2.24) is 5.32 Å². The fourth-order valence-corrected chi connectivity index (χ4v) is 5.85. The molecule has 0 aliphatic carbocycles. The predicted molar refractivity (Wildman–Crippen MR) is 179 cm³/mol. The quantitative estimate of drug-likeness (QED) is 0.107. The van der Waals surface area contributed by atoms with Crippen LogP contribution in [0.25, 0.3) is 0 Å². The average Bonchev–Trinajstić information content (AvgIpc) is 3.38. The number of rotatable bonds is 16. The molecule has 11 nitrogen and oxygen atoms in total. The summed E-state index contributed by atoms with van der Waals surface area (Å²) < 4.78 is 17.7. The lowest BCUT2D eigenvalue weighted by Gasteiger charge is -2.49. The van der Waals surface area contributed by atoms with E-state index in [1.165, 1.54) is 13.0 Å². The summed E-state index contributed by atoms with van der Waals surface area (Å²) in [6, 6.07) is 0. The highest BCUT2D eigenvalue weighted by atomic mass is 16.6. The van der Waals surface area contributed by atoms with E-state index in [4.69, 9.17) is 19.3 Å². The van der Waals surface area contributed by atoms with E-state index in [1.54, 1.807) is 74.8 Å². The molecule has 2 heterocycles. The van der Waals surface area contributed by atoms with Crippen molar-refractivity contribution in [3.63, 3.8) is 0 Å². The van der Waals surface area contributed by atoms with Crippen molar-refractivity contribution in [2.45, 2.75) is 102 Å². The number of carboxylic acids is 1. The van der Waals surface area contributed by atoms with Gasteiger partial charge in [0.2, 0.25) is 5.91 Å². The van der Waals surface area contributed by atoms with E-state index in [0.29, 0.717) is 6.42 Å². The van der Waals surface area contributed by atoms with Gasteiger partial charge in [-0.3, -0.25) is 4.79 Å². The summed E-state index contributed by atoms with van der Waals surface area (Å²) >= 11 is 0. The Kier molecular flexibility index (Phi) is 16.2.